The van der Waals surface area contributed by atoms with Crippen molar-refractivity contribution in [2.24, 2.45) is 5.10 Å². The Bertz CT molecular complexity index is 843. The summed E-state index contributed by atoms with van der Waals surface area (Å²) in [4.78, 5) is 4.34. The minimum atomic E-state index is -0.687. The van der Waals surface area contributed by atoms with Gasteiger partial charge in [0.1, 0.15) is 11.6 Å². The van der Waals surface area contributed by atoms with Crippen molar-refractivity contribution in [2.45, 2.75) is 6.92 Å². The molecule has 3 nitrogen and oxygen atoms in total. The number of aromatic nitrogens is 1. The highest BCUT2D eigenvalue weighted by atomic mass is 35.5. The van der Waals surface area contributed by atoms with Gasteiger partial charge < -0.3 is 0 Å². The van der Waals surface area contributed by atoms with Crippen molar-refractivity contribution in [3.05, 3.63) is 58.6 Å². The monoisotopic (exact) mass is 337 g/mol. The molecule has 0 aliphatic heterocycles. The summed E-state index contributed by atoms with van der Waals surface area (Å²) < 4.78 is 28.3. The number of hydrogen-bond acceptors (Lipinski definition) is 4. The molecule has 0 saturated carbocycles. The summed E-state index contributed by atoms with van der Waals surface area (Å²) in [6, 6.07) is 9.61. The van der Waals surface area contributed by atoms with Crippen LogP contribution in [0.2, 0.25) is 5.02 Å². The van der Waals surface area contributed by atoms with Crippen LogP contribution < -0.4 is 5.43 Å². The molecule has 22 heavy (non-hydrogen) atoms. The highest BCUT2D eigenvalue weighted by Crippen LogP contribution is 2.25. The van der Waals surface area contributed by atoms with Gasteiger partial charge in [-0.15, -0.1) is 0 Å². The second-order valence-electron chi connectivity index (χ2n) is 4.54. The first-order valence-corrected chi connectivity index (χ1v) is 7.55. The smallest absolute Gasteiger partial charge is 0.204 e. The normalized spacial score (nSPS) is 11.9. The molecule has 0 spiro atoms. The predicted octanol–water partition coefficient (Wildman–Crippen LogP) is 5.06. The van der Waals surface area contributed by atoms with Gasteiger partial charge in [0.15, 0.2) is 0 Å². The van der Waals surface area contributed by atoms with Gasteiger partial charge in [-0.2, -0.15) is 5.10 Å². The highest BCUT2D eigenvalue weighted by Gasteiger charge is 2.11. The molecule has 0 unspecified atom stereocenters. The number of halogens is 3. The molecule has 7 heteroatoms. The van der Waals surface area contributed by atoms with Crippen molar-refractivity contribution in [3.63, 3.8) is 0 Å². The van der Waals surface area contributed by atoms with E-state index < -0.39 is 11.6 Å². The highest BCUT2D eigenvalue weighted by molar-refractivity contribution is 7.22. The molecule has 0 aliphatic carbocycles. The van der Waals surface area contributed by atoms with E-state index in [0.717, 1.165) is 22.3 Å². The third kappa shape index (κ3) is 2.93. The van der Waals surface area contributed by atoms with Gasteiger partial charge in [0.05, 0.1) is 21.0 Å². The van der Waals surface area contributed by atoms with Crippen LogP contribution in [0.1, 0.15) is 12.5 Å². The van der Waals surface area contributed by atoms with Crippen molar-refractivity contribution in [3.8, 4) is 0 Å². The lowest BCUT2D eigenvalue weighted by Gasteiger charge is -2.04. The number of hydrazone groups is 1. The zero-order chi connectivity index (χ0) is 15.7. The molecule has 0 amide bonds. The Balaban J connectivity index is 1.87. The minimum absolute atomic E-state index is 0.0514. The maximum atomic E-state index is 13.8. The number of anilines is 1. The van der Waals surface area contributed by atoms with Crippen LogP contribution >= 0.6 is 22.9 Å². The van der Waals surface area contributed by atoms with E-state index in [1.165, 1.54) is 11.3 Å². The molecule has 0 radical (unpaired) electrons. The van der Waals surface area contributed by atoms with Gasteiger partial charge >= 0.3 is 0 Å². The summed E-state index contributed by atoms with van der Waals surface area (Å²) in [5.74, 6) is -1.31. The van der Waals surface area contributed by atoms with Gasteiger partial charge in [-0.1, -0.05) is 35.1 Å². The minimum Gasteiger partial charge on any atom is -0.252 e. The predicted molar refractivity (Wildman–Crippen MR) is 86.8 cm³/mol. The van der Waals surface area contributed by atoms with E-state index in [1.54, 1.807) is 6.92 Å². The van der Waals surface area contributed by atoms with Crippen LogP contribution in [-0.4, -0.2) is 10.7 Å². The quantitative estimate of drug-likeness (QED) is 0.412. The van der Waals surface area contributed by atoms with Gasteiger partial charge in [-0.05, 0) is 31.2 Å². The Morgan fingerprint density at radius 2 is 2.00 bits per heavy atom. The second-order valence-corrected chi connectivity index (χ2v) is 5.98. The van der Waals surface area contributed by atoms with Crippen molar-refractivity contribution in [1.29, 1.82) is 0 Å². The summed E-state index contributed by atoms with van der Waals surface area (Å²) in [5, 5.41) is 4.38. The lowest BCUT2D eigenvalue weighted by molar-refractivity contribution is 0.598. The number of hydrogen-bond donors (Lipinski definition) is 1. The summed E-state index contributed by atoms with van der Waals surface area (Å²) >= 11 is 6.96. The Kier molecular flexibility index (Phi) is 4.04. The number of para-hydroxylation sites is 1. The number of nitrogens with one attached hydrogen (secondary N) is 1. The Morgan fingerprint density at radius 1 is 1.23 bits per heavy atom. The molecule has 1 aromatic heterocycles. The van der Waals surface area contributed by atoms with Crippen molar-refractivity contribution in [2.75, 3.05) is 5.43 Å². The molecule has 3 aromatic rings. The van der Waals surface area contributed by atoms with E-state index in [0.29, 0.717) is 10.8 Å². The van der Waals surface area contributed by atoms with Gasteiger partial charge in [0, 0.05) is 5.56 Å². The van der Waals surface area contributed by atoms with Crippen LogP contribution in [0.25, 0.3) is 10.2 Å². The lowest BCUT2D eigenvalue weighted by Crippen LogP contribution is -2.03. The topological polar surface area (TPSA) is 37.3 Å². The van der Waals surface area contributed by atoms with Crippen LogP contribution in [0.4, 0.5) is 13.9 Å². The van der Waals surface area contributed by atoms with E-state index >= 15 is 0 Å². The first kappa shape index (κ1) is 14.9. The van der Waals surface area contributed by atoms with E-state index in [4.69, 9.17) is 11.6 Å². The number of fused-ring (bicyclic) bond motifs is 1. The standard InChI is InChI=1S/C15H10ClF2N3S/c1-8(9-6-12(18)10(16)7-11(9)17)20-21-15-19-13-4-2-3-5-14(13)22-15/h2-7H,1H3,(H,19,21). The first-order valence-electron chi connectivity index (χ1n) is 6.35. The molecular weight excluding hydrogens is 328 g/mol. The number of thiazole rings is 1. The molecule has 112 valence electrons. The van der Waals surface area contributed by atoms with Gasteiger partial charge in [-0.25, -0.2) is 13.8 Å². The average molecular weight is 338 g/mol. The summed E-state index contributed by atoms with van der Waals surface area (Å²) in [5.41, 5.74) is 3.97. The van der Waals surface area contributed by atoms with Crippen LogP contribution in [0.15, 0.2) is 41.5 Å². The fourth-order valence-corrected chi connectivity index (χ4v) is 2.87. The van der Waals surface area contributed by atoms with Crippen LogP contribution in [0, 0.1) is 11.6 Å². The summed E-state index contributed by atoms with van der Waals surface area (Å²) in [7, 11) is 0. The number of benzene rings is 2. The SMILES string of the molecule is CC(=NNc1nc2ccccc2s1)c1cc(F)c(Cl)cc1F. The molecule has 0 bridgehead atoms. The summed E-state index contributed by atoms with van der Waals surface area (Å²) in [6.07, 6.45) is 0. The number of rotatable bonds is 3. The first-order chi connectivity index (χ1) is 10.5. The van der Waals surface area contributed by atoms with Crippen molar-refractivity contribution >= 4 is 44.0 Å². The van der Waals surface area contributed by atoms with E-state index in [9.17, 15) is 8.78 Å². The average Bonchev–Trinajstić information content (AvgIpc) is 2.91. The molecule has 0 aliphatic rings. The summed E-state index contributed by atoms with van der Waals surface area (Å²) in [6.45, 7) is 1.58. The van der Waals surface area contributed by atoms with Crippen LogP contribution in [0.3, 0.4) is 0 Å². The van der Waals surface area contributed by atoms with Gasteiger partial charge in [0.2, 0.25) is 5.13 Å². The van der Waals surface area contributed by atoms with Crippen molar-refractivity contribution in [1.82, 2.24) is 4.98 Å². The molecule has 0 fully saturated rings. The van der Waals surface area contributed by atoms with Crippen molar-refractivity contribution < 1.29 is 8.78 Å². The van der Waals surface area contributed by atoms with Gasteiger partial charge in [-0.3, -0.25) is 5.43 Å². The third-order valence-electron chi connectivity index (χ3n) is 3.01. The van der Waals surface area contributed by atoms with E-state index in [2.05, 4.69) is 15.5 Å². The fraction of sp³-hybridized carbons (Fsp3) is 0.0667. The number of nitrogens with zero attached hydrogens (tertiary/aromatic N) is 2. The molecule has 2 aromatic carbocycles. The lowest BCUT2D eigenvalue weighted by atomic mass is 10.1. The maximum Gasteiger partial charge on any atom is 0.204 e. The fourth-order valence-electron chi connectivity index (χ4n) is 1.91. The van der Waals surface area contributed by atoms with Crippen LogP contribution in [0.5, 0.6) is 0 Å². The molecule has 0 atom stereocenters. The zero-order valence-corrected chi connectivity index (χ0v) is 13.0. The molecule has 1 N–H and O–H groups in total. The van der Waals surface area contributed by atoms with Gasteiger partial charge in [0.25, 0.3) is 0 Å². The molecule has 3 rings (SSSR count). The third-order valence-corrected chi connectivity index (χ3v) is 4.24. The Morgan fingerprint density at radius 3 is 2.77 bits per heavy atom. The van der Waals surface area contributed by atoms with E-state index in [-0.39, 0.29) is 10.6 Å². The largest absolute Gasteiger partial charge is 0.252 e. The maximum absolute atomic E-state index is 13.8. The zero-order valence-electron chi connectivity index (χ0n) is 11.4. The molecular formula is C15H10ClF2N3S. The molecule has 0 saturated heterocycles. The van der Waals surface area contributed by atoms with E-state index in [1.807, 2.05) is 24.3 Å². The molecule has 1 heterocycles. The van der Waals surface area contributed by atoms with Crippen LogP contribution in [-0.2, 0) is 0 Å². The Hall–Kier alpha value is -2.05. The Labute approximate surface area is 134 Å². The second kappa shape index (κ2) is 5.98.